The van der Waals surface area contributed by atoms with Crippen LogP contribution in [0.2, 0.25) is 0 Å². The Morgan fingerprint density at radius 2 is 2.20 bits per heavy atom. The molecule has 2 heterocycles. The van der Waals surface area contributed by atoms with Crippen LogP contribution in [0.5, 0.6) is 0 Å². The van der Waals surface area contributed by atoms with Gasteiger partial charge >= 0.3 is 0 Å². The molecule has 1 aromatic carbocycles. The molecule has 0 saturated carbocycles. The van der Waals surface area contributed by atoms with Crippen LogP contribution in [0.15, 0.2) is 22.7 Å². The standard InChI is InChI=1S/C12H12N2O/c1-7-3-4-11-9(5-7)12-10(6-13-11)8(2)14-15-12/h3-5,13H,6H2,1-2H3. The molecule has 3 nitrogen and oxygen atoms in total. The van der Waals surface area contributed by atoms with E-state index in [0.717, 1.165) is 29.2 Å². The highest BCUT2D eigenvalue weighted by molar-refractivity contribution is 5.80. The van der Waals surface area contributed by atoms with E-state index in [-0.39, 0.29) is 0 Å². The van der Waals surface area contributed by atoms with Gasteiger partial charge in [0.05, 0.1) is 5.69 Å². The van der Waals surface area contributed by atoms with Gasteiger partial charge in [-0.25, -0.2) is 0 Å². The summed E-state index contributed by atoms with van der Waals surface area (Å²) >= 11 is 0. The third-order valence-electron chi connectivity index (χ3n) is 2.86. The summed E-state index contributed by atoms with van der Waals surface area (Å²) in [6, 6.07) is 6.32. The van der Waals surface area contributed by atoms with E-state index >= 15 is 0 Å². The first-order valence-corrected chi connectivity index (χ1v) is 5.06. The topological polar surface area (TPSA) is 38.1 Å². The average molecular weight is 200 g/mol. The normalized spacial score (nSPS) is 12.9. The number of aryl methyl sites for hydroxylation is 2. The lowest BCUT2D eigenvalue weighted by Gasteiger charge is -2.17. The van der Waals surface area contributed by atoms with E-state index in [1.807, 2.05) is 6.92 Å². The summed E-state index contributed by atoms with van der Waals surface area (Å²) in [7, 11) is 0. The molecule has 3 heteroatoms. The van der Waals surface area contributed by atoms with Gasteiger partial charge in [-0.15, -0.1) is 0 Å². The zero-order valence-corrected chi connectivity index (χ0v) is 8.79. The SMILES string of the molecule is Cc1ccc2c(c1)-c1onc(C)c1CN2. The molecule has 1 N–H and O–H groups in total. The van der Waals surface area contributed by atoms with E-state index in [2.05, 4.69) is 35.6 Å². The van der Waals surface area contributed by atoms with Crippen LogP contribution in [0.3, 0.4) is 0 Å². The van der Waals surface area contributed by atoms with Gasteiger partial charge in [0.25, 0.3) is 0 Å². The van der Waals surface area contributed by atoms with Gasteiger partial charge in [0.1, 0.15) is 0 Å². The summed E-state index contributed by atoms with van der Waals surface area (Å²) in [6.45, 7) is 4.86. The number of aromatic nitrogens is 1. The van der Waals surface area contributed by atoms with E-state index in [1.54, 1.807) is 0 Å². The molecule has 3 rings (SSSR count). The number of rotatable bonds is 0. The molecule has 1 aromatic heterocycles. The zero-order valence-electron chi connectivity index (χ0n) is 8.79. The minimum absolute atomic E-state index is 0.806. The second-order valence-corrected chi connectivity index (χ2v) is 3.98. The predicted molar refractivity (Wildman–Crippen MR) is 58.7 cm³/mol. The van der Waals surface area contributed by atoms with E-state index in [0.29, 0.717) is 0 Å². The summed E-state index contributed by atoms with van der Waals surface area (Å²) in [5.41, 5.74) is 5.64. The number of nitrogens with zero attached hydrogens (tertiary/aromatic N) is 1. The van der Waals surface area contributed by atoms with Gasteiger partial charge in [-0.2, -0.15) is 0 Å². The quantitative estimate of drug-likeness (QED) is 0.710. The van der Waals surface area contributed by atoms with E-state index in [9.17, 15) is 0 Å². The molecular formula is C12H12N2O. The van der Waals surface area contributed by atoms with Gasteiger partial charge in [0.15, 0.2) is 5.76 Å². The third-order valence-corrected chi connectivity index (χ3v) is 2.86. The van der Waals surface area contributed by atoms with Crippen molar-refractivity contribution in [3.8, 4) is 11.3 Å². The van der Waals surface area contributed by atoms with Crippen molar-refractivity contribution in [1.82, 2.24) is 5.16 Å². The second kappa shape index (κ2) is 2.86. The smallest absolute Gasteiger partial charge is 0.174 e. The molecule has 0 fully saturated rings. The Balaban J connectivity index is 2.28. The number of fused-ring (bicyclic) bond motifs is 3. The van der Waals surface area contributed by atoms with Gasteiger partial charge in [-0.05, 0) is 26.0 Å². The Labute approximate surface area is 88.1 Å². The lowest BCUT2D eigenvalue weighted by Crippen LogP contribution is -2.07. The first kappa shape index (κ1) is 8.53. The molecule has 1 aliphatic rings. The molecule has 0 unspecified atom stereocenters. The van der Waals surface area contributed by atoms with Crippen molar-refractivity contribution >= 4 is 5.69 Å². The molecule has 0 saturated heterocycles. The van der Waals surface area contributed by atoms with Crippen LogP contribution in [-0.4, -0.2) is 5.16 Å². The van der Waals surface area contributed by atoms with Crippen molar-refractivity contribution < 1.29 is 4.52 Å². The Morgan fingerprint density at radius 3 is 3.07 bits per heavy atom. The van der Waals surface area contributed by atoms with Gasteiger partial charge < -0.3 is 9.84 Å². The molecule has 0 bridgehead atoms. The molecule has 76 valence electrons. The van der Waals surface area contributed by atoms with Crippen LogP contribution in [0.1, 0.15) is 16.8 Å². The van der Waals surface area contributed by atoms with Crippen LogP contribution in [-0.2, 0) is 6.54 Å². The van der Waals surface area contributed by atoms with E-state index in [4.69, 9.17) is 4.52 Å². The Bertz CT molecular complexity index is 528. The maximum absolute atomic E-state index is 5.38. The van der Waals surface area contributed by atoms with Crippen LogP contribution in [0.25, 0.3) is 11.3 Å². The van der Waals surface area contributed by atoms with Crippen LogP contribution in [0, 0.1) is 13.8 Å². The number of hydrogen-bond donors (Lipinski definition) is 1. The number of anilines is 1. The van der Waals surface area contributed by atoms with Crippen molar-refractivity contribution in [2.75, 3.05) is 5.32 Å². The fourth-order valence-electron chi connectivity index (χ4n) is 1.99. The van der Waals surface area contributed by atoms with E-state index < -0.39 is 0 Å². The Hall–Kier alpha value is -1.77. The predicted octanol–water partition coefficient (Wildman–Crippen LogP) is 2.88. The van der Waals surface area contributed by atoms with Crippen molar-refractivity contribution in [1.29, 1.82) is 0 Å². The average Bonchev–Trinajstić information content (AvgIpc) is 2.61. The van der Waals surface area contributed by atoms with Crippen molar-refractivity contribution in [3.63, 3.8) is 0 Å². The fraction of sp³-hybridized carbons (Fsp3) is 0.250. The highest BCUT2D eigenvalue weighted by Crippen LogP contribution is 2.37. The number of benzene rings is 1. The van der Waals surface area contributed by atoms with Crippen LogP contribution >= 0.6 is 0 Å². The summed E-state index contributed by atoms with van der Waals surface area (Å²) in [4.78, 5) is 0. The molecular weight excluding hydrogens is 188 g/mol. The lowest BCUT2D eigenvalue weighted by molar-refractivity contribution is 0.426. The fourth-order valence-corrected chi connectivity index (χ4v) is 1.99. The minimum Gasteiger partial charge on any atom is -0.380 e. The molecule has 0 atom stereocenters. The number of nitrogens with one attached hydrogen (secondary N) is 1. The summed E-state index contributed by atoms with van der Waals surface area (Å²) in [5, 5.41) is 7.38. The van der Waals surface area contributed by atoms with E-state index in [1.165, 1.54) is 11.1 Å². The summed E-state index contributed by atoms with van der Waals surface area (Å²) in [5.74, 6) is 0.921. The van der Waals surface area contributed by atoms with Crippen LogP contribution < -0.4 is 5.32 Å². The molecule has 1 aliphatic heterocycles. The Kier molecular flexibility index (Phi) is 1.63. The molecule has 0 aliphatic carbocycles. The molecule has 0 amide bonds. The van der Waals surface area contributed by atoms with Gasteiger partial charge in [-0.3, -0.25) is 0 Å². The highest BCUT2D eigenvalue weighted by atomic mass is 16.5. The molecule has 0 radical (unpaired) electrons. The molecule has 0 spiro atoms. The first-order valence-electron chi connectivity index (χ1n) is 5.06. The third kappa shape index (κ3) is 1.16. The maximum Gasteiger partial charge on any atom is 0.174 e. The summed E-state index contributed by atoms with van der Waals surface area (Å²) in [6.07, 6.45) is 0. The van der Waals surface area contributed by atoms with Gasteiger partial charge in [-0.1, -0.05) is 16.8 Å². The zero-order chi connectivity index (χ0) is 10.4. The largest absolute Gasteiger partial charge is 0.380 e. The maximum atomic E-state index is 5.38. The molecule has 15 heavy (non-hydrogen) atoms. The van der Waals surface area contributed by atoms with Crippen molar-refractivity contribution in [2.45, 2.75) is 20.4 Å². The highest BCUT2D eigenvalue weighted by Gasteiger charge is 2.21. The minimum atomic E-state index is 0.806. The molecule has 2 aromatic rings. The van der Waals surface area contributed by atoms with Crippen LogP contribution in [0.4, 0.5) is 5.69 Å². The summed E-state index contributed by atoms with van der Waals surface area (Å²) < 4.78 is 5.38. The van der Waals surface area contributed by atoms with Gasteiger partial charge in [0.2, 0.25) is 0 Å². The monoisotopic (exact) mass is 200 g/mol. The van der Waals surface area contributed by atoms with Gasteiger partial charge in [0, 0.05) is 23.4 Å². The van der Waals surface area contributed by atoms with Crippen molar-refractivity contribution in [3.05, 3.63) is 35.0 Å². The van der Waals surface area contributed by atoms with Crippen molar-refractivity contribution in [2.24, 2.45) is 0 Å². The first-order chi connectivity index (χ1) is 7.25. The number of hydrogen-bond acceptors (Lipinski definition) is 3. The Morgan fingerprint density at radius 1 is 1.33 bits per heavy atom. The lowest BCUT2D eigenvalue weighted by atomic mass is 9.99. The second-order valence-electron chi connectivity index (χ2n) is 3.98.